The second-order valence-corrected chi connectivity index (χ2v) is 7.81. The molecule has 2 N–H and O–H groups in total. The van der Waals surface area contributed by atoms with Crippen LogP contribution in [0.1, 0.15) is 34.5 Å². The predicted octanol–water partition coefficient (Wildman–Crippen LogP) is 4.74. The molecule has 0 radical (unpaired) electrons. The standard InChI is InChI=1S/C26H27N3O2/c27-26(30)25-17-29(19-28-25)16-24(31-18-21-7-2-1-3-8-21)12-6-9-20-13-14-22-10-4-5-11-23(22)15-20/h1-5,7-8,10-11,13-15,17,19,24H,6,9,12,16,18H2,(H2,27,30)/t24-/m0/s1. The fourth-order valence-corrected chi connectivity index (χ4v) is 3.77. The summed E-state index contributed by atoms with van der Waals surface area (Å²) in [5, 5.41) is 2.54. The van der Waals surface area contributed by atoms with E-state index in [1.54, 1.807) is 12.5 Å². The highest BCUT2D eigenvalue weighted by molar-refractivity contribution is 5.90. The van der Waals surface area contributed by atoms with Gasteiger partial charge in [0.25, 0.3) is 5.91 Å². The zero-order valence-corrected chi connectivity index (χ0v) is 17.5. The van der Waals surface area contributed by atoms with Crippen molar-refractivity contribution in [3.05, 3.63) is 102 Å². The van der Waals surface area contributed by atoms with Gasteiger partial charge in [0.1, 0.15) is 5.69 Å². The molecule has 0 unspecified atom stereocenters. The molecular formula is C26H27N3O2. The summed E-state index contributed by atoms with van der Waals surface area (Å²) in [6.45, 7) is 1.18. The number of carbonyl (C=O) groups excluding carboxylic acids is 1. The van der Waals surface area contributed by atoms with Crippen LogP contribution in [-0.4, -0.2) is 21.6 Å². The Morgan fingerprint density at radius 3 is 2.52 bits per heavy atom. The molecule has 0 saturated heterocycles. The summed E-state index contributed by atoms with van der Waals surface area (Å²) in [5.41, 5.74) is 8.08. The van der Waals surface area contributed by atoms with Crippen LogP contribution in [0, 0.1) is 0 Å². The third kappa shape index (κ3) is 5.80. The molecular weight excluding hydrogens is 386 g/mol. The Balaban J connectivity index is 1.38. The van der Waals surface area contributed by atoms with Gasteiger partial charge in [0, 0.05) is 12.7 Å². The summed E-state index contributed by atoms with van der Waals surface area (Å²) in [4.78, 5) is 15.4. The van der Waals surface area contributed by atoms with E-state index < -0.39 is 5.91 Å². The Morgan fingerprint density at radius 1 is 0.968 bits per heavy atom. The van der Waals surface area contributed by atoms with Crippen molar-refractivity contribution in [3.8, 4) is 0 Å². The number of benzene rings is 3. The van der Waals surface area contributed by atoms with Crippen LogP contribution in [-0.2, 0) is 24.3 Å². The summed E-state index contributed by atoms with van der Waals surface area (Å²) in [5.74, 6) is -0.517. The van der Waals surface area contributed by atoms with Crippen molar-refractivity contribution < 1.29 is 9.53 Å². The Labute approximate surface area is 182 Å². The van der Waals surface area contributed by atoms with Crippen LogP contribution in [0.4, 0.5) is 0 Å². The normalized spacial score (nSPS) is 12.1. The summed E-state index contributed by atoms with van der Waals surface area (Å²) >= 11 is 0. The minimum Gasteiger partial charge on any atom is -0.372 e. The van der Waals surface area contributed by atoms with Gasteiger partial charge in [0.15, 0.2) is 0 Å². The smallest absolute Gasteiger partial charge is 0.268 e. The summed E-state index contributed by atoms with van der Waals surface area (Å²) in [6, 6.07) is 25.3. The number of nitrogens with two attached hydrogens (primary N) is 1. The van der Waals surface area contributed by atoms with Gasteiger partial charge in [0.2, 0.25) is 0 Å². The molecule has 0 fully saturated rings. The number of hydrogen-bond acceptors (Lipinski definition) is 3. The molecule has 1 amide bonds. The first kappa shape index (κ1) is 20.8. The number of aryl methyl sites for hydroxylation is 1. The van der Waals surface area contributed by atoms with Gasteiger partial charge in [-0.25, -0.2) is 4.98 Å². The number of fused-ring (bicyclic) bond motifs is 1. The Hall–Kier alpha value is -3.44. The molecule has 3 aromatic carbocycles. The van der Waals surface area contributed by atoms with Crippen molar-refractivity contribution >= 4 is 16.7 Å². The fourth-order valence-electron chi connectivity index (χ4n) is 3.77. The van der Waals surface area contributed by atoms with Crippen molar-refractivity contribution in [1.82, 2.24) is 9.55 Å². The first-order valence-corrected chi connectivity index (χ1v) is 10.6. The van der Waals surface area contributed by atoms with Crippen LogP contribution in [0.15, 0.2) is 85.3 Å². The average Bonchev–Trinajstić information content (AvgIpc) is 3.27. The second-order valence-electron chi connectivity index (χ2n) is 7.81. The largest absolute Gasteiger partial charge is 0.372 e. The molecule has 0 saturated carbocycles. The molecule has 31 heavy (non-hydrogen) atoms. The number of ether oxygens (including phenoxy) is 1. The third-order valence-electron chi connectivity index (χ3n) is 5.43. The first-order chi connectivity index (χ1) is 15.2. The number of aromatic nitrogens is 2. The van der Waals surface area contributed by atoms with Crippen LogP contribution in [0.2, 0.25) is 0 Å². The van der Waals surface area contributed by atoms with Crippen molar-refractivity contribution in [2.75, 3.05) is 0 Å². The lowest BCUT2D eigenvalue weighted by Crippen LogP contribution is -2.20. The van der Waals surface area contributed by atoms with E-state index in [4.69, 9.17) is 10.5 Å². The molecule has 1 heterocycles. The molecule has 0 aliphatic rings. The van der Waals surface area contributed by atoms with Gasteiger partial charge in [-0.2, -0.15) is 0 Å². The molecule has 0 aliphatic heterocycles. The number of hydrogen-bond donors (Lipinski definition) is 1. The molecule has 0 bridgehead atoms. The lowest BCUT2D eigenvalue weighted by molar-refractivity contribution is 0.0225. The Bertz CT molecular complexity index is 1140. The third-order valence-corrected chi connectivity index (χ3v) is 5.43. The molecule has 5 heteroatoms. The second kappa shape index (κ2) is 10.0. The van der Waals surface area contributed by atoms with E-state index in [0.717, 1.165) is 24.8 Å². The highest BCUT2D eigenvalue weighted by Crippen LogP contribution is 2.18. The quantitative estimate of drug-likeness (QED) is 0.408. The molecule has 158 valence electrons. The van der Waals surface area contributed by atoms with Gasteiger partial charge < -0.3 is 15.0 Å². The van der Waals surface area contributed by atoms with E-state index in [2.05, 4.69) is 59.6 Å². The van der Waals surface area contributed by atoms with E-state index in [-0.39, 0.29) is 11.8 Å². The number of rotatable bonds is 10. The SMILES string of the molecule is NC(=O)c1cn(C[C@H](CCCc2ccc3ccccc3c2)OCc2ccccc2)cn1. The topological polar surface area (TPSA) is 70.1 Å². The molecule has 4 aromatic rings. The van der Waals surface area contributed by atoms with Gasteiger partial charge in [-0.3, -0.25) is 4.79 Å². The highest BCUT2D eigenvalue weighted by atomic mass is 16.5. The maximum Gasteiger partial charge on any atom is 0.268 e. The van der Waals surface area contributed by atoms with E-state index in [9.17, 15) is 4.79 Å². The molecule has 1 aromatic heterocycles. The Kier molecular flexibility index (Phi) is 6.75. The lowest BCUT2D eigenvalue weighted by Gasteiger charge is -2.19. The minimum atomic E-state index is -0.517. The highest BCUT2D eigenvalue weighted by Gasteiger charge is 2.13. The van der Waals surface area contributed by atoms with Crippen LogP contribution in [0.25, 0.3) is 10.8 Å². The van der Waals surface area contributed by atoms with Crippen LogP contribution >= 0.6 is 0 Å². The van der Waals surface area contributed by atoms with Gasteiger partial charge in [0.05, 0.1) is 19.0 Å². The maximum absolute atomic E-state index is 11.3. The van der Waals surface area contributed by atoms with E-state index in [1.807, 2.05) is 22.8 Å². The zero-order valence-electron chi connectivity index (χ0n) is 17.5. The summed E-state index contributed by atoms with van der Waals surface area (Å²) < 4.78 is 8.13. The first-order valence-electron chi connectivity index (χ1n) is 10.6. The van der Waals surface area contributed by atoms with Crippen molar-refractivity contribution in [1.29, 1.82) is 0 Å². The van der Waals surface area contributed by atoms with Crippen LogP contribution in [0.3, 0.4) is 0 Å². The fraction of sp³-hybridized carbons (Fsp3) is 0.231. The van der Waals surface area contributed by atoms with Crippen LogP contribution < -0.4 is 5.73 Å². The van der Waals surface area contributed by atoms with Gasteiger partial charge in [-0.15, -0.1) is 0 Å². The summed E-state index contributed by atoms with van der Waals surface area (Å²) in [7, 11) is 0. The van der Waals surface area contributed by atoms with Crippen LogP contribution in [0.5, 0.6) is 0 Å². The van der Waals surface area contributed by atoms with Gasteiger partial charge in [-0.05, 0) is 41.2 Å². The maximum atomic E-state index is 11.3. The molecule has 5 nitrogen and oxygen atoms in total. The van der Waals surface area contributed by atoms with Gasteiger partial charge in [-0.1, -0.05) is 72.8 Å². The summed E-state index contributed by atoms with van der Waals surface area (Å²) in [6.07, 6.45) is 6.24. The molecule has 4 rings (SSSR count). The number of primary amides is 1. The van der Waals surface area contributed by atoms with Crippen molar-refractivity contribution in [3.63, 3.8) is 0 Å². The zero-order chi connectivity index (χ0) is 21.5. The average molecular weight is 414 g/mol. The monoisotopic (exact) mass is 413 g/mol. The number of carbonyl (C=O) groups is 1. The van der Waals surface area contributed by atoms with Crippen molar-refractivity contribution in [2.24, 2.45) is 5.73 Å². The predicted molar refractivity (Wildman–Crippen MR) is 123 cm³/mol. The van der Waals surface area contributed by atoms with Crippen molar-refractivity contribution in [2.45, 2.75) is 38.5 Å². The van der Waals surface area contributed by atoms with E-state index in [1.165, 1.54) is 16.3 Å². The molecule has 0 aliphatic carbocycles. The molecule has 1 atom stereocenters. The molecule has 0 spiro atoms. The van der Waals surface area contributed by atoms with E-state index in [0.29, 0.717) is 13.2 Å². The minimum absolute atomic E-state index is 0.00980. The Morgan fingerprint density at radius 2 is 1.74 bits per heavy atom. The number of amides is 1. The van der Waals surface area contributed by atoms with Gasteiger partial charge >= 0.3 is 0 Å². The van der Waals surface area contributed by atoms with E-state index >= 15 is 0 Å². The lowest BCUT2D eigenvalue weighted by atomic mass is 10.0. The number of imidazole rings is 1. The number of nitrogens with zero attached hydrogens (tertiary/aromatic N) is 2.